The van der Waals surface area contributed by atoms with Gasteiger partial charge in [0.05, 0.1) is 4.92 Å². The minimum atomic E-state index is -0.299. The molecule has 2 aromatic carbocycles. The Morgan fingerprint density at radius 3 is 2.26 bits per heavy atom. The van der Waals surface area contributed by atoms with E-state index in [1.54, 1.807) is 6.07 Å². The third-order valence-corrected chi connectivity index (χ3v) is 3.41. The second-order valence-corrected chi connectivity index (χ2v) is 4.76. The monoisotopic (exact) mass is 255 g/mol. The summed E-state index contributed by atoms with van der Waals surface area (Å²) < 4.78 is 0. The fraction of sp³-hybridized carbons (Fsp3) is 0.250. The molecule has 0 saturated heterocycles. The van der Waals surface area contributed by atoms with Crippen LogP contribution < -0.4 is 0 Å². The topological polar surface area (TPSA) is 43.1 Å². The number of hydrogen-bond donors (Lipinski definition) is 0. The van der Waals surface area contributed by atoms with E-state index in [1.807, 2.05) is 51.1 Å². The van der Waals surface area contributed by atoms with Crippen LogP contribution in [0.4, 0.5) is 5.69 Å². The van der Waals surface area contributed by atoms with E-state index in [4.69, 9.17) is 0 Å². The summed E-state index contributed by atoms with van der Waals surface area (Å²) in [6.45, 7) is 5.85. The van der Waals surface area contributed by atoms with E-state index in [9.17, 15) is 10.1 Å². The predicted molar refractivity (Wildman–Crippen MR) is 77.4 cm³/mol. The number of benzene rings is 2. The normalized spacial score (nSPS) is 10.5. The van der Waals surface area contributed by atoms with Gasteiger partial charge in [0.2, 0.25) is 0 Å². The van der Waals surface area contributed by atoms with Crippen molar-refractivity contribution in [3.05, 3.63) is 63.2 Å². The lowest BCUT2D eigenvalue weighted by Crippen LogP contribution is -1.96. The SMILES string of the molecule is CCc1cc(-c2ccc(C)cc2)c(C)c([N+](=O)[O-])c1. The summed E-state index contributed by atoms with van der Waals surface area (Å²) in [7, 11) is 0. The molecule has 0 amide bonds. The Bertz CT molecular complexity index is 615. The maximum absolute atomic E-state index is 11.1. The third kappa shape index (κ3) is 2.65. The molecule has 0 heterocycles. The highest BCUT2D eigenvalue weighted by Crippen LogP contribution is 2.32. The lowest BCUT2D eigenvalue weighted by molar-refractivity contribution is -0.385. The maximum atomic E-state index is 11.1. The highest BCUT2D eigenvalue weighted by atomic mass is 16.6. The molecule has 3 heteroatoms. The van der Waals surface area contributed by atoms with Crippen molar-refractivity contribution in [3.8, 4) is 11.1 Å². The van der Waals surface area contributed by atoms with Crippen LogP contribution in [0, 0.1) is 24.0 Å². The van der Waals surface area contributed by atoms with Gasteiger partial charge in [-0.1, -0.05) is 42.8 Å². The van der Waals surface area contributed by atoms with Gasteiger partial charge in [-0.3, -0.25) is 10.1 Å². The fourth-order valence-corrected chi connectivity index (χ4v) is 2.18. The number of aryl methyl sites for hydroxylation is 2. The molecule has 0 unspecified atom stereocenters. The zero-order valence-electron chi connectivity index (χ0n) is 11.4. The minimum absolute atomic E-state index is 0.204. The van der Waals surface area contributed by atoms with Crippen LogP contribution in [-0.2, 0) is 6.42 Å². The highest BCUT2D eigenvalue weighted by molar-refractivity contribution is 5.72. The van der Waals surface area contributed by atoms with Crippen LogP contribution in [0.15, 0.2) is 36.4 Å². The van der Waals surface area contributed by atoms with Gasteiger partial charge in [-0.2, -0.15) is 0 Å². The zero-order valence-corrected chi connectivity index (χ0v) is 11.4. The summed E-state index contributed by atoms with van der Waals surface area (Å²) in [5, 5.41) is 11.1. The Kier molecular flexibility index (Phi) is 3.65. The molecule has 0 aliphatic carbocycles. The van der Waals surface area contributed by atoms with E-state index in [-0.39, 0.29) is 10.6 Å². The average molecular weight is 255 g/mol. The molecule has 0 aliphatic heterocycles. The lowest BCUT2D eigenvalue weighted by atomic mass is 9.95. The van der Waals surface area contributed by atoms with Gasteiger partial charge in [0, 0.05) is 11.6 Å². The van der Waals surface area contributed by atoms with E-state index in [0.717, 1.165) is 28.7 Å². The molecule has 19 heavy (non-hydrogen) atoms. The Morgan fingerprint density at radius 2 is 1.74 bits per heavy atom. The standard InChI is InChI=1S/C16H17NO2/c1-4-13-9-15(12(3)16(10-13)17(18)19)14-7-5-11(2)6-8-14/h5-10H,4H2,1-3H3. The van der Waals surface area contributed by atoms with E-state index < -0.39 is 0 Å². The van der Waals surface area contributed by atoms with Gasteiger partial charge in [0.15, 0.2) is 0 Å². The van der Waals surface area contributed by atoms with Crippen molar-refractivity contribution in [3.63, 3.8) is 0 Å². The number of nitro groups is 1. The molecule has 0 fully saturated rings. The smallest absolute Gasteiger partial charge is 0.258 e. The van der Waals surface area contributed by atoms with E-state index in [1.165, 1.54) is 5.56 Å². The number of hydrogen-bond acceptors (Lipinski definition) is 2. The molecule has 0 aromatic heterocycles. The number of nitrogens with zero attached hydrogens (tertiary/aromatic N) is 1. The van der Waals surface area contributed by atoms with Crippen molar-refractivity contribution in [2.75, 3.05) is 0 Å². The lowest BCUT2D eigenvalue weighted by Gasteiger charge is -2.09. The molecule has 0 bridgehead atoms. The summed E-state index contributed by atoms with van der Waals surface area (Å²) in [5.41, 5.74) is 5.09. The summed E-state index contributed by atoms with van der Waals surface area (Å²) in [4.78, 5) is 10.8. The van der Waals surface area contributed by atoms with E-state index in [0.29, 0.717) is 0 Å². The van der Waals surface area contributed by atoms with Gasteiger partial charge in [0.1, 0.15) is 0 Å². The highest BCUT2D eigenvalue weighted by Gasteiger charge is 2.16. The maximum Gasteiger partial charge on any atom is 0.273 e. The second-order valence-electron chi connectivity index (χ2n) is 4.76. The summed E-state index contributed by atoms with van der Waals surface area (Å²) >= 11 is 0. The number of nitro benzene ring substituents is 1. The first kappa shape index (κ1) is 13.3. The van der Waals surface area contributed by atoms with E-state index in [2.05, 4.69) is 0 Å². The summed E-state index contributed by atoms with van der Waals surface area (Å²) in [6.07, 6.45) is 0.792. The summed E-state index contributed by atoms with van der Waals surface area (Å²) in [5.74, 6) is 0. The Balaban J connectivity index is 2.65. The Morgan fingerprint density at radius 1 is 1.11 bits per heavy atom. The van der Waals surface area contributed by atoms with Crippen LogP contribution in [0.1, 0.15) is 23.6 Å². The number of rotatable bonds is 3. The van der Waals surface area contributed by atoms with Gasteiger partial charge < -0.3 is 0 Å². The molecular weight excluding hydrogens is 238 g/mol. The van der Waals surface area contributed by atoms with Crippen LogP contribution >= 0.6 is 0 Å². The summed E-state index contributed by atoms with van der Waals surface area (Å²) in [6, 6.07) is 11.8. The molecule has 0 atom stereocenters. The fourth-order valence-electron chi connectivity index (χ4n) is 2.18. The van der Waals surface area contributed by atoms with Crippen LogP contribution in [0.25, 0.3) is 11.1 Å². The van der Waals surface area contributed by atoms with Gasteiger partial charge in [0.25, 0.3) is 5.69 Å². The third-order valence-electron chi connectivity index (χ3n) is 3.41. The molecule has 0 spiro atoms. The van der Waals surface area contributed by atoms with Crippen molar-refractivity contribution in [2.24, 2.45) is 0 Å². The second kappa shape index (κ2) is 5.22. The predicted octanol–water partition coefficient (Wildman–Crippen LogP) is 4.44. The van der Waals surface area contributed by atoms with Crippen molar-refractivity contribution < 1.29 is 4.92 Å². The molecule has 3 nitrogen and oxygen atoms in total. The quantitative estimate of drug-likeness (QED) is 0.601. The Labute approximate surface area is 113 Å². The van der Waals surface area contributed by atoms with Crippen molar-refractivity contribution in [2.45, 2.75) is 27.2 Å². The van der Waals surface area contributed by atoms with Crippen LogP contribution in [-0.4, -0.2) is 4.92 Å². The van der Waals surface area contributed by atoms with Gasteiger partial charge in [-0.15, -0.1) is 0 Å². The molecule has 0 radical (unpaired) electrons. The average Bonchev–Trinajstić information content (AvgIpc) is 2.40. The van der Waals surface area contributed by atoms with E-state index >= 15 is 0 Å². The largest absolute Gasteiger partial charge is 0.273 e. The molecule has 0 saturated carbocycles. The first-order valence-electron chi connectivity index (χ1n) is 6.38. The van der Waals surface area contributed by atoms with Gasteiger partial charge in [-0.05, 0) is 37.0 Å². The van der Waals surface area contributed by atoms with Crippen molar-refractivity contribution in [1.29, 1.82) is 0 Å². The molecular formula is C16H17NO2. The minimum Gasteiger partial charge on any atom is -0.258 e. The first-order chi connectivity index (χ1) is 9.02. The van der Waals surface area contributed by atoms with Crippen LogP contribution in [0.3, 0.4) is 0 Å². The van der Waals surface area contributed by atoms with Crippen LogP contribution in [0.2, 0.25) is 0 Å². The Hall–Kier alpha value is -2.16. The molecule has 0 aliphatic rings. The molecule has 0 N–H and O–H groups in total. The zero-order chi connectivity index (χ0) is 14.0. The van der Waals surface area contributed by atoms with Crippen molar-refractivity contribution >= 4 is 5.69 Å². The van der Waals surface area contributed by atoms with Crippen molar-refractivity contribution in [1.82, 2.24) is 0 Å². The van der Waals surface area contributed by atoms with Gasteiger partial charge >= 0.3 is 0 Å². The molecule has 98 valence electrons. The molecule has 2 rings (SSSR count). The van der Waals surface area contributed by atoms with Gasteiger partial charge in [-0.25, -0.2) is 0 Å². The van der Waals surface area contributed by atoms with Crippen LogP contribution in [0.5, 0.6) is 0 Å². The first-order valence-corrected chi connectivity index (χ1v) is 6.38. The molecule has 2 aromatic rings.